The molecule has 2 aromatic rings. The van der Waals surface area contributed by atoms with Gasteiger partial charge in [0.2, 0.25) is 0 Å². The summed E-state index contributed by atoms with van der Waals surface area (Å²) in [5.41, 5.74) is 4.26. The SMILES string of the molecule is CC(C)(C)OC(=O)NC(C(=O)OCCOC(=O)O[C@H]1CC[C@@]2(C)C(=CC[C@@H]3[C@@H]2CC[C@]2(C)C(c4cccnc4)=CC[C@@H]32)C1)c1ccccc1. The molecule has 0 bridgehead atoms. The van der Waals surface area contributed by atoms with E-state index in [0.29, 0.717) is 23.3 Å². The van der Waals surface area contributed by atoms with Gasteiger partial charge in [-0.25, -0.2) is 14.4 Å². The first-order valence-corrected chi connectivity index (χ1v) is 17.7. The van der Waals surface area contributed by atoms with Gasteiger partial charge in [-0.05, 0) is 111 Å². The summed E-state index contributed by atoms with van der Waals surface area (Å²) in [7, 11) is 0. The van der Waals surface area contributed by atoms with Crippen LogP contribution in [0.25, 0.3) is 5.57 Å². The van der Waals surface area contributed by atoms with E-state index < -0.39 is 29.9 Å². The fraction of sp³-hybridized carbons (Fsp3) is 0.550. The smallest absolute Gasteiger partial charge is 0.460 e. The molecule has 9 heteroatoms. The monoisotopic (exact) mass is 670 g/mol. The van der Waals surface area contributed by atoms with Crippen molar-refractivity contribution in [2.75, 3.05) is 13.2 Å². The van der Waals surface area contributed by atoms with Crippen LogP contribution in [0.3, 0.4) is 0 Å². The first-order chi connectivity index (χ1) is 23.4. The number of rotatable bonds is 8. The second-order valence-corrected chi connectivity index (χ2v) is 15.5. The van der Waals surface area contributed by atoms with Crippen molar-refractivity contribution in [3.8, 4) is 0 Å². The van der Waals surface area contributed by atoms with Crippen molar-refractivity contribution in [3.63, 3.8) is 0 Å². The normalized spacial score (nSPS) is 29.5. The zero-order valence-corrected chi connectivity index (χ0v) is 29.4. The maximum atomic E-state index is 13.0. The summed E-state index contributed by atoms with van der Waals surface area (Å²) < 4.78 is 21.8. The molecule has 0 aliphatic heterocycles. The maximum Gasteiger partial charge on any atom is 0.508 e. The average molecular weight is 671 g/mol. The standard InChI is InChI=1S/C40H50N2O7/c1-38(2,3)49-36(44)42-34(26-10-7-6-8-11-26)35(43)46-22-23-47-37(45)48-29-17-19-39(4)28(24-29)13-14-30-32-16-15-31(27-12-9-21-41-25-27)40(32,5)20-18-33(30)39/h6-13,15,21,25,29-30,32-34H,14,16-20,22-24H2,1-5H3,(H,42,44)/t29-,30-,32-,33-,34?,39-,40+/m0/s1. The number of alkyl carbamates (subject to hydrolysis) is 1. The Morgan fingerprint density at radius 2 is 1.67 bits per heavy atom. The van der Waals surface area contributed by atoms with E-state index in [1.54, 1.807) is 45.0 Å². The number of nitrogens with one attached hydrogen (secondary N) is 1. The lowest BCUT2D eigenvalue weighted by molar-refractivity contribution is -0.147. The van der Waals surface area contributed by atoms with Gasteiger partial charge in [0.25, 0.3) is 0 Å². The molecule has 1 aromatic heterocycles. The Labute approximate surface area is 289 Å². The van der Waals surface area contributed by atoms with Gasteiger partial charge in [0.05, 0.1) is 0 Å². The van der Waals surface area contributed by atoms with Gasteiger partial charge in [0, 0.05) is 18.8 Å². The molecule has 1 aromatic carbocycles. The molecule has 0 radical (unpaired) electrons. The number of benzene rings is 1. The third kappa shape index (κ3) is 7.41. The van der Waals surface area contributed by atoms with Crippen molar-refractivity contribution >= 4 is 23.8 Å². The molecule has 4 aliphatic carbocycles. The summed E-state index contributed by atoms with van der Waals surface area (Å²) >= 11 is 0. The van der Waals surface area contributed by atoms with Crippen molar-refractivity contribution < 1.29 is 33.3 Å². The minimum atomic E-state index is -1.08. The second-order valence-electron chi connectivity index (χ2n) is 15.5. The number of allylic oxidation sites excluding steroid dienone is 3. The molecular formula is C40H50N2O7. The number of carbonyl (C=O) groups is 3. The molecule has 1 unspecified atom stereocenters. The minimum absolute atomic E-state index is 0.113. The third-order valence-corrected chi connectivity index (χ3v) is 11.5. The average Bonchev–Trinajstić information content (AvgIpc) is 3.43. The van der Waals surface area contributed by atoms with Crippen LogP contribution in [0.5, 0.6) is 0 Å². The van der Waals surface area contributed by atoms with Gasteiger partial charge in [-0.1, -0.05) is 68.0 Å². The van der Waals surface area contributed by atoms with Crippen molar-refractivity contribution in [1.82, 2.24) is 10.3 Å². The van der Waals surface area contributed by atoms with E-state index in [0.717, 1.165) is 32.1 Å². The quantitative estimate of drug-likeness (QED) is 0.129. The number of nitrogens with zero attached hydrogens (tertiary/aromatic N) is 1. The Balaban J connectivity index is 0.988. The van der Waals surface area contributed by atoms with Crippen LogP contribution >= 0.6 is 0 Å². The summed E-state index contributed by atoms with van der Waals surface area (Å²) in [6.07, 6.45) is 14.1. The number of fused-ring (bicyclic) bond motifs is 5. The molecule has 49 heavy (non-hydrogen) atoms. The third-order valence-electron chi connectivity index (χ3n) is 11.5. The van der Waals surface area contributed by atoms with Crippen LogP contribution in [-0.2, 0) is 23.7 Å². The first-order valence-electron chi connectivity index (χ1n) is 17.7. The van der Waals surface area contributed by atoms with E-state index in [1.807, 2.05) is 24.5 Å². The van der Waals surface area contributed by atoms with E-state index in [4.69, 9.17) is 18.9 Å². The zero-order chi connectivity index (χ0) is 34.8. The first kappa shape index (κ1) is 34.7. The molecule has 0 spiro atoms. The molecule has 0 saturated heterocycles. The molecule has 9 nitrogen and oxygen atoms in total. The lowest BCUT2D eigenvalue weighted by Crippen LogP contribution is -2.50. The van der Waals surface area contributed by atoms with E-state index in [1.165, 1.54) is 29.6 Å². The van der Waals surface area contributed by atoms with Crippen LogP contribution in [-0.4, -0.2) is 48.1 Å². The van der Waals surface area contributed by atoms with Gasteiger partial charge in [0.1, 0.15) is 24.9 Å². The number of aromatic nitrogens is 1. The van der Waals surface area contributed by atoms with Gasteiger partial charge >= 0.3 is 18.2 Å². The van der Waals surface area contributed by atoms with Gasteiger partial charge in [-0.2, -0.15) is 0 Å². The molecule has 4 aliphatic rings. The lowest BCUT2D eigenvalue weighted by Gasteiger charge is -2.57. The minimum Gasteiger partial charge on any atom is -0.460 e. The second kappa shape index (κ2) is 14.0. The summed E-state index contributed by atoms with van der Waals surface area (Å²) in [5, 5.41) is 2.58. The van der Waals surface area contributed by atoms with Crippen molar-refractivity contribution in [2.24, 2.45) is 28.6 Å². The molecule has 262 valence electrons. The number of esters is 1. The van der Waals surface area contributed by atoms with Crippen LogP contribution in [0.1, 0.15) is 96.7 Å². The summed E-state index contributed by atoms with van der Waals surface area (Å²) in [4.78, 5) is 42.4. The number of carbonyl (C=O) groups excluding carboxylic acids is 3. The van der Waals surface area contributed by atoms with Gasteiger partial charge in [-0.3, -0.25) is 4.98 Å². The van der Waals surface area contributed by atoms with Gasteiger partial charge in [0.15, 0.2) is 6.04 Å². The molecule has 2 saturated carbocycles. The molecule has 6 rings (SSSR count). The van der Waals surface area contributed by atoms with Crippen LogP contribution in [0.4, 0.5) is 9.59 Å². The molecule has 1 heterocycles. The number of hydrogen-bond donors (Lipinski definition) is 1. The van der Waals surface area contributed by atoms with Crippen LogP contribution in [0.2, 0.25) is 0 Å². The Morgan fingerprint density at radius 3 is 2.41 bits per heavy atom. The Bertz CT molecular complexity index is 1580. The van der Waals surface area contributed by atoms with E-state index in [2.05, 4.69) is 42.4 Å². The number of hydrogen-bond acceptors (Lipinski definition) is 8. The summed E-state index contributed by atoms with van der Waals surface area (Å²) in [6, 6.07) is 11.9. The highest BCUT2D eigenvalue weighted by molar-refractivity contribution is 5.83. The van der Waals surface area contributed by atoms with Crippen LogP contribution in [0, 0.1) is 28.6 Å². The highest BCUT2D eigenvalue weighted by atomic mass is 16.7. The largest absolute Gasteiger partial charge is 0.508 e. The molecule has 1 N–H and O–H groups in total. The van der Waals surface area contributed by atoms with Crippen molar-refractivity contribution in [2.45, 2.75) is 97.3 Å². The molecule has 7 atom stereocenters. The van der Waals surface area contributed by atoms with E-state index in [-0.39, 0.29) is 30.1 Å². The van der Waals surface area contributed by atoms with Crippen LogP contribution < -0.4 is 5.32 Å². The summed E-state index contributed by atoms with van der Waals surface area (Å²) in [5.74, 6) is 1.21. The van der Waals surface area contributed by atoms with E-state index >= 15 is 0 Å². The maximum absolute atomic E-state index is 13.0. The molecule has 2 fully saturated rings. The number of amides is 1. The Kier molecular flexibility index (Phi) is 9.92. The highest BCUT2D eigenvalue weighted by Crippen LogP contribution is 2.66. The van der Waals surface area contributed by atoms with Gasteiger partial charge in [-0.15, -0.1) is 0 Å². The molecule has 1 amide bonds. The van der Waals surface area contributed by atoms with Crippen molar-refractivity contribution in [3.05, 3.63) is 83.7 Å². The molecular weight excluding hydrogens is 620 g/mol. The number of ether oxygens (including phenoxy) is 4. The zero-order valence-electron chi connectivity index (χ0n) is 29.4. The summed E-state index contributed by atoms with van der Waals surface area (Å²) in [6.45, 7) is 9.79. The van der Waals surface area contributed by atoms with Crippen LogP contribution in [0.15, 0.2) is 72.6 Å². The predicted molar refractivity (Wildman–Crippen MR) is 185 cm³/mol. The fourth-order valence-corrected chi connectivity index (χ4v) is 9.14. The van der Waals surface area contributed by atoms with Crippen molar-refractivity contribution in [1.29, 1.82) is 0 Å². The topological polar surface area (TPSA) is 113 Å². The fourth-order valence-electron chi connectivity index (χ4n) is 9.14. The Hall–Kier alpha value is -4.14. The highest BCUT2D eigenvalue weighted by Gasteiger charge is 2.57. The lowest BCUT2D eigenvalue weighted by atomic mass is 9.47. The predicted octanol–water partition coefficient (Wildman–Crippen LogP) is 8.37. The number of pyridine rings is 1. The Morgan fingerprint density at radius 1 is 0.918 bits per heavy atom. The van der Waals surface area contributed by atoms with Gasteiger partial charge < -0.3 is 24.3 Å². The van der Waals surface area contributed by atoms with E-state index in [9.17, 15) is 14.4 Å².